The molecule has 2 aliphatic rings. The summed E-state index contributed by atoms with van der Waals surface area (Å²) in [6.45, 7) is 7.52. The number of carbonyl (C=O) groups excluding carboxylic acids is 1. The monoisotopic (exact) mass is 396 g/mol. The molecule has 1 aromatic carbocycles. The van der Waals surface area contributed by atoms with Crippen molar-refractivity contribution >= 4 is 11.7 Å². The molecule has 0 N–H and O–H groups in total. The van der Waals surface area contributed by atoms with Gasteiger partial charge in [0.05, 0.1) is 13.2 Å². The Morgan fingerprint density at radius 2 is 1.76 bits per heavy atom. The predicted molar refractivity (Wildman–Crippen MR) is 110 cm³/mol. The van der Waals surface area contributed by atoms with Crippen LogP contribution in [0, 0.1) is 0 Å². The molecule has 1 amide bonds. The highest BCUT2D eigenvalue weighted by molar-refractivity contribution is 5.92. The number of hydrogen-bond acceptors (Lipinski definition) is 6. The Hall–Kier alpha value is -2.51. The molecule has 0 unspecified atom stereocenters. The van der Waals surface area contributed by atoms with E-state index in [-0.39, 0.29) is 11.9 Å². The second-order valence-corrected chi connectivity index (χ2v) is 7.88. The molecule has 7 nitrogen and oxygen atoms in total. The zero-order valence-electron chi connectivity index (χ0n) is 17.1. The summed E-state index contributed by atoms with van der Waals surface area (Å²) in [5, 5.41) is 8.58. The van der Waals surface area contributed by atoms with Gasteiger partial charge in [0.15, 0.2) is 17.3 Å². The third-order valence-corrected chi connectivity index (χ3v) is 5.61. The van der Waals surface area contributed by atoms with Crippen LogP contribution < -0.4 is 4.90 Å². The molecule has 0 radical (unpaired) electrons. The fraction of sp³-hybridized carbons (Fsp3) is 0.500. The molecule has 0 saturated carbocycles. The summed E-state index contributed by atoms with van der Waals surface area (Å²) >= 11 is 0. The molecule has 2 aliphatic heterocycles. The number of piperidine rings is 1. The quantitative estimate of drug-likeness (QED) is 0.774. The van der Waals surface area contributed by atoms with E-state index in [0.29, 0.717) is 25.5 Å². The van der Waals surface area contributed by atoms with Crippen LogP contribution in [0.5, 0.6) is 0 Å². The van der Waals surface area contributed by atoms with Gasteiger partial charge in [-0.05, 0) is 31.5 Å². The average molecular weight is 396 g/mol. The van der Waals surface area contributed by atoms with Crippen molar-refractivity contribution in [2.75, 3.05) is 31.2 Å². The Kier molecular flexibility index (Phi) is 5.78. The van der Waals surface area contributed by atoms with Crippen LogP contribution >= 0.6 is 0 Å². The van der Waals surface area contributed by atoms with E-state index in [9.17, 15) is 4.79 Å². The molecular formula is C22H28N4O3. The second kappa shape index (κ2) is 8.47. The molecule has 2 saturated heterocycles. The molecule has 0 atom stereocenters. The van der Waals surface area contributed by atoms with Crippen molar-refractivity contribution in [1.82, 2.24) is 15.1 Å². The first-order valence-electron chi connectivity index (χ1n) is 10.3. The number of anilines is 1. The Morgan fingerprint density at radius 1 is 1.07 bits per heavy atom. The van der Waals surface area contributed by atoms with Gasteiger partial charge in [-0.25, -0.2) is 0 Å². The molecule has 0 aliphatic carbocycles. The van der Waals surface area contributed by atoms with Gasteiger partial charge in [0, 0.05) is 38.5 Å². The molecule has 4 rings (SSSR count). The first-order chi connectivity index (χ1) is 14.1. The van der Waals surface area contributed by atoms with Crippen molar-refractivity contribution in [2.24, 2.45) is 0 Å². The molecule has 3 heterocycles. The summed E-state index contributed by atoms with van der Waals surface area (Å²) in [6.07, 6.45) is 1.63. The van der Waals surface area contributed by atoms with Crippen molar-refractivity contribution in [3.8, 4) is 0 Å². The number of amides is 1. The van der Waals surface area contributed by atoms with E-state index in [1.165, 1.54) is 0 Å². The van der Waals surface area contributed by atoms with Crippen LogP contribution in [0.15, 0.2) is 42.5 Å². The van der Waals surface area contributed by atoms with Gasteiger partial charge in [-0.3, -0.25) is 4.79 Å². The van der Waals surface area contributed by atoms with E-state index in [4.69, 9.17) is 9.47 Å². The lowest BCUT2D eigenvalue weighted by Gasteiger charge is -2.37. The van der Waals surface area contributed by atoms with Gasteiger partial charge in [-0.2, -0.15) is 0 Å². The summed E-state index contributed by atoms with van der Waals surface area (Å²) in [4.78, 5) is 17.0. The fourth-order valence-electron chi connectivity index (χ4n) is 3.89. The van der Waals surface area contributed by atoms with E-state index >= 15 is 0 Å². The largest absolute Gasteiger partial charge is 0.355 e. The lowest BCUT2D eigenvalue weighted by atomic mass is 10.0. The Bertz CT molecular complexity index is 810. The normalized spacial score (nSPS) is 18.4. The van der Waals surface area contributed by atoms with Crippen LogP contribution in [0.1, 0.15) is 42.7 Å². The van der Waals surface area contributed by atoms with Gasteiger partial charge in [0.1, 0.15) is 0 Å². The van der Waals surface area contributed by atoms with Crippen molar-refractivity contribution in [3.05, 3.63) is 53.7 Å². The predicted octanol–water partition coefficient (Wildman–Crippen LogP) is 2.87. The van der Waals surface area contributed by atoms with Crippen molar-refractivity contribution in [3.63, 3.8) is 0 Å². The molecule has 29 heavy (non-hydrogen) atoms. The molecule has 154 valence electrons. The summed E-state index contributed by atoms with van der Waals surface area (Å²) in [5.74, 6) is 0.275. The van der Waals surface area contributed by atoms with Crippen LogP contribution in [0.4, 0.5) is 5.82 Å². The molecule has 1 spiro atoms. The highest BCUT2D eigenvalue weighted by atomic mass is 16.7. The molecule has 2 fully saturated rings. The first kappa shape index (κ1) is 19.8. The first-order valence-corrected chi connectivity index (χ1v) is 10.3. The highest BCUT2D eigenvalue weighted by Gasteiger charge is 2.40. The van der Waals surface area contributed by atoms with E-state index in [0.717, 1.165) is 37.3 Å². The fourth-order valence-corrected chi connectivity index (χ4v) is 3.89. The van der Waals surface area contributed by atoms with Gasteiger partial charge in [0.2, 0.25) is 0 Å². The summed E-state index contributed by atoms with van der Waals surface area (Å²) < 4.78 is 11.6. The summed E-state index contributed by atoms with van der Waals surface area (Å²) in [5.41, 5.74) is 1.46. The van der Waals surface area contributed by atoms with Gasteiger partial charge >= 0.3 is 0 Å². The highest BCUT2D eigenvalue weighted by Crippen LogP contribution is 2.32. The number of hydrogen-bond donors (Lipinski definition) is 0. The molecule has 0 bridgehead atoms. The maximum atomic E-state index is 13.0. The molecule has 1 aromatic heterocycles. The van der Waals surface area contributed by atoms with Crippen molar-refractivity contribution < 1.29 is 14.3 Å². The third kappa shape index (κ3) is 4.41. The Morgan fingerprint density at radius 3 is 2.34 bits per heavy atom. The number of nitrogens with zero attached hydrogens (tertiary/aromatic N) is 4. The number of ether oxygens (including phenoxy) is 2. The molecule has 7 heteroatoms. The van der Waals surface area contributed by atoms with Crippen LogP contribution in [0.3, 0.4) is 0 Å². The maximum absolute atomic E-state index is 13.0. The summed E-state index contributed by atoms with van der Waals surface area (Å²) in [7, 11) is 0. The minimum absolute atomic E-state index is 0.0638. The van der Waals surface area contributed by atoms with Crippen LogP contribution in [-0.4, -0.2) is 59.1 Å². The van der Waals surface area contributed by atoms with Gasteiger partial charge < -0.3 is 19.3 Å². The zero-order valence-corrected chi connectivity index (χ0v) is 17.1. The number of benzene rings is 1. The number of aromatic nitrogens is 2. The number of carbonyl (C=O) groups is 1. The molecular weight excluding hydrogens is 368 g/mol. The standard InChI is InChI=1S/C22H28N4O3/c1-17(2)26(16-18-6-4-3-5-7-18)21(27)19-8-9-20(24-23-19)25-12-10-22(11-13-25)28-14-15-29-22/h3-9,17H,10-16H2,1-2H3. The lowest BCUT2D eigenvalue weighted by molar-refractivity contribution is -0.169. The van der Waals surface area contributed by atoms with E-state index in [1.807, 2.05) is 55.1 Å². The topological polar surface area (TPSA) is 67.8 Å². The van der Waals surface area contributed by atoms with E-state index < -0.39 is 5.79 Å². The SMILES string of the molecule is CC(C)N(Cc1ccccc1)C(=O)c1ccc(N2CCC3(CC2)OCCO3)nn1. The van der Waals surface area contributed by atoms with Crippen molar-refractivity contribution in [1.29, 1.82) is 0 Å². The zero-order chi connectivity index (χ0) is 20.3. The van der Waals surface area contributed by atoms with Gasteiger partial charge in [-0.1, -0.05) is 30.3 Å². The Balaban J connectivity index is 1.41. The maximum Gasteiger partial charge on any atom is 0.274 e. The van der Waals surface area contributed by atoms with Gasteiger partial charge in [0.25, 0.3) is 5.91 Å². The van der Waals surface area contributed by atoms with Gasteiger partial charge in [-0.15, -0.1) is 10.2 Å². The summed E-state index contributed by atoms with van der Waals surface area (Å²) in [6, 6.07) is 13.7. The van der Waals surface area contributed by atoms with Crippen molar-refractivity contribution in [2.45, 2.75) is 45.1 Å². The minimum atomic E-state index is -0.408. The number of rotatable bonds is 5. The van der Waals surface area contributed by atoms with Crippen LogP contribution in [-0.2, 0) is 16.0 Å². The van der Waals surface area contributed by atoms with Crippen LogP contribution in [0.2, 0.25) is 0 Å². The average Bonchev–Trinajstić information content (AvgIpc) is 3.21. The van der Waals surface area contributed by atoms with Crippen LogP contribution in [0.25, 0.3) is 0 Å². The van der Waals surface area contributed by atoms with E-state index in [2.05, 4.69) is 15.1 Å². The van der Waals surface area contributed by atoms with E-state index in [1.54, 1.807) is 6.07 Å². The third-order valence-electron chi connectivity index (χ3n) is 5.61. The molecule has 2 aromatic rings. The lowest BCUT2D eigenvalue weighted by Crippen LogP contribution is -2.45. The minimum Gasteiger partial charge on any atom is -0.355 e. The Labute approximate surface area is 171 Å². The second-order valence-electron chi connectivity index (χ2n) is 7.88. The smallest absolute Gasteiger partial charge is 0.274 e.